The Kier molecular flexibility index (Phi) is 7.22. The molecule has 0 N–H and O–H groups in total. The van der Waals surface area contributed by atoms with Crippen molar-refractivity contribution >= 4 is 16.2 Å². The first-order chi connectivity index (χ1) is 14.1. The number of hydrogen-bond donors (Lipinski definition) is 0. The predicted molar refractivity (Wildman–Crippen MR) is 94.6 cm³/mol. The molecule has 0 saturated carbocycles. The standard InChI is InChI=1S/C17H18F9NO4S/c1-6-7-9-8-10(11(30-5)12(27-9)13(2,3)4)31-32(28,29)17(25,26)15(20,21)14(18,19)16(22,23)24/h6-8H,1-5H3/b7-6+. The van der Waals surface area contributed by atoms with Gasteiger partial charge in [-0.2, -0.15) is 47.9 Å². The van der Waals surface area contributed by atoms with Crippen molar-refractivity contribution in [2.45, 2.75) is 56.4 Å². The highest BCUT2D eigenvalue weighted by atomic mass is 32.2. The number of nitrogens with zero attached hydrogens (tertiary/aromatic N) is 1. The lowest BCUT2D eigenvalue weighted by Crippen LogP contribution is -2.63. The molecule has 1 heterocycles. The molecule has 184 valence electrons. The summed E-state index contributed by atoms with van der Waals surface area (Å²) in [5.74, 6) is -16.6. The number of ether oxygens (including phenoxy) is 1. The van der Waals surface area contributed by atoms with Crippen molar-refractivity contribution < 1.29 is 56.9 Å². The monoisotopic (exact) mass is 503 g/mol. The van der Waals surface area contributed by atoms with Gasteiger partial charge in [-0.3, -0.25) is 0 Å². The molecule has 1 aromatic heterocycles. The number of hydrogen-bond acceptors (Lipinski definition) is 5. The van der Waals surface area contributed by atoms with Gasteiger partial charge >= 0.3 is 33.4 Å². The highest BCUT2D eigenvalue weighted by Crippen LogP contribution is 2.55. The summed E-state index contributed by atoms with van der Waals surface area (Å²) in [7, 11) is -6.23. The first kappa shape index (κ1) is 27.8. The number of alkyl halides is 9. The van der Waals surface area contributed by atoms with E-state index in [1.54, 1.807) is 0 Å². The Morgan fingerprint density at radius 3 is 1.81 bits per heavy atom. The molecule has 32 heavy (non-hydrogen) atoms. The zero-order chi connectivity index (χ0) is 25.6. The molecule has 15 heteroatoms. The van der Waals surface area contributed by atoms with Gasteiger partial charge in [0.2, 0.25) is 0 Å². The maximum absolute atomic E-state index is 14.0. The van der Waals surface area contributed by atoms with Gasteiger partial charge in [-0.15, -0.1) is 0 Å². The minimum atomic E-state index is -7.42. The number of aromatic nitrogens is 1. The molecular weight excluding hydrogens is 485 g/mol. The summed E-state index contributed by atoms with van der Waals surface area (Å²) in [6.45, 7) is 6.03. The van der Waals surface area contributed by atoms with Crippen LogP contribution in [0.15, 0.2) is 12.1 Å². The third kappa shape index (κ3) is 4.62. The molecule has 1 rings (SSSR count). The Bertz CT molecular complexity index is 981. The van der Waals surface area contributed by atoms with Crippen LogP contribution in [-0.2, 0) is 15.5 Å². The molecule has 0 aliphatic rings. The van der Waals surface area contributed by atoms with E-state index in [1.165, 1.54) is 39.8 Å². The van der Waals surface area contributed by atoms with Crippen LogP contribution in [0.25, 0.3) is 6.08 Å². The first-order valence-corrected chi connectivity index (χ1v) is 9.85. The van der Waals surface area contributed by atoms with Gasteiger partial charge in [0.15, 0.2) is 11.5 Å². The van der Waals surface area contributed by atoms with E-state index in [4.69, 9.17) is 4.74 Å². The summed E-state index contributed by atoms with van der Waals surface area (Å²) in [5.41, 5.74) is -1.23. The number of rotatable bonds is 7. The van der Waals surface area contributed by atoms with Crippen molar-refractivity contribution in [2.24, 2.45) is 0 Å². The molecule has 0 spiro atoms. The van der Waals surface area contributed by atoms with E-state index in [9.17, 15) is 47.9 Å². The van der Waals surface area contributed by atoms with Crippen LogP contribution in [0.1, 0.15) is 39.1 Å². The topological polar surface area (TPSA) is 65.5 Å². The van der Waals surface area contributed by atoms with E-state index < -0.39 is 50.3 Å². The normalized spacial score (nSPS) is 14.7. The van der Waals surface area contributed by atoms with Gasteiger partial charge in [-0.1, -0.05) is 26.8 Å². The molecule has 1 aromatic rings. The van der Waals surface area contributed by atoms with E-state index >= 15 is 0 Å². The summed E-state index contributed by atoms with van der Waals surface area (Å²) >= 11 is 0. The van der Waals surface area contributed by atoms with Crippen LogP contribution < -0.4 is 8.92 Å². The smallest absolute Gasteiger partial charge is 0.460 e. The molecule has 0 aliphatic carbocycles. The van der Waals surface area contributed by atoms with Gasteiger partial charge < -0.3 is 8.92 Å². The molecule has 0 unspecified atom stereocenters. The molecule has 0 bridgehead atoms. The van der Waals surface area contributed by atoms with Crippen molar-refractivity contribution in [3.63, 3.8) is 0 Å². The van der Waals surface area contributed by atoms with Crippen molar-refractivity contribution in [3.8, 4) is 11.5 Å². The zero-order valence-corrected chi connectivity index (χ0v) is 17.9. The molecule has 0 fully saturated rings. The molecular formula is C17H18F9NO4S. The van der Waals surface area contributed by atoms with Crippen molar-refractivity contribution in [3.05, 3.63) is 23.5 Å². The molecule has 0 aromatic carbocycles. The quantitative estimate of drug-likeness (QED) is 0.361. The Morgan fingerprint density at radius 1 is 0.938 bits per heavy atom. The van der Waals surface area contributed by atoms with Crippen LogP contribution in [0, 0.1) is 0 Å². The number of pyridine rings is 1. The van der Waals surface area contributed by atoms with Crippen LogP contribution >= 0.6 is 0 Å². The van der Waals surface area contributed by atoms with Gasteiger partial charge in [0.05, 0.1) is 18.5 Å². The van der Waals surface area contributed by atoms with Gasteiger partial charge in [-0.25, -0.2) is 4.98 Å². The zero-order valence-electron chi connectivity index (χ0n) is 17.1. The lowest BCUT2D eigenvalue weighted by Gasteiger charge is -2.32. The molecule has 0 radical (unpaired) electrons. The molecule has 0 aliphatic heterocycles. The lowest BCUT2D eigenvalue weighted by molar-refractivity contribution is -0.382. The third-order valence-corrected chi connectivity index (χ3v) is 5.12. The van der Waals surface area contributed by atoms with E-state index in [-0.39, 0.29) is 11.4 Å². The number of halogens is 9. The van der Waals surface area contributed by atoms with Crippen LogP contribution in [0.2, 0.25) is 0 Å². The third-order valence-electron chi connectivity index (χ3n) is 3.84. The Labute approximate surface area is 177 Å². The molecule has 0 saturated heterocycles. The Balaban J connectivity index is 3.74. The second kappa shape index (κ2) is 8.30. The maximum atomic E-state index is 14.0. The fraction of sp³-hybridized carbons (Fsp3) is 0.588. The Hall–Kier alpha value is -2.19. The van der Waals surface area contributed by atoms with Crippen molar-refractivity contribution in [2.75, 3.05) is 7.11 Å². The predicted octanol–water partition coefficient (Wildman–Crippen LogP) is 5.56. The summed E-state index contributed by atoms with van der Waals surface area (Å²) in [4.78, 5) is 4.09. The van der Waals surface area contributed by atoms with Gasteiger partial charge in [0.25, 0.3) is 0 Å². The van der Waals surface area contributed by atoms with Crippen LogP contribution in [0.3, 0.4) is 0 Å². The van der Waals surface area contributed by atoms with Crippen LogP contribution in [0.4, 0.5) is 39.5 Å². The van der Waals surface area contributed by atoms with Crippen molar-refractivity contribution in [1.29, 1.82) is 0 Å². The fourth-order valence-electron chi connectivity index (χ4n) is 2.24. The highest BCUT2D eigenvalue weighted by molar-refractivity contribution is 7.88. The molecule has 0 amide bonds. The van der Waals surface area contributed by atoms with E-state index in [0.29, 0.717) is 6.07 Å². The SMILES string of the molecule is C/C=C/c1cc(OS(=O)(=O)C(F)(F)C(F)(F)C(F)(F)C(F)(F)F)c(OC)c(C(C)(C)C)n1. The summed E-state index contributed by atoms with van der Waals surface area (Å²) < 4.78 is 151. The maximum Gasteiger partial charge on any atom is 0.460 e. The molecule has 0 atom stereocenters. The summed E-state index contributed by atoms with van der Waals surface area (Å²) in [6, 6.07) is 0.641. The van der Waals surface area contributed by atoms with E-state index in [2.05, 4.69) is 9.17 Å². The minimum absolute atomic E-state index is 0.114. The van der Waals surface area contributed by atoms with Gasteiger partial charge in [-0.05, 0) is 13.0 Å². The summed E-state index contributed by atoms with van der Waals surface area (Å²) in [5, 5.41) is -7.00. The van der Waals surface area contributed by atoms with Crippen LogP contribution in [-0.4, -0.2) is 43.8 Å². The Morgan fingerprint density at radius 2 is 1.44 bits per heavy atom. The average molecular weight is 503 g/mol. The average Bonchev–Trinajstić information content (AvgIpc) is 2.59. The van der Waals surface area contributed by atoms with E-state index in [0.717, 1.165) is 7.11 Å². The summed E-state index contributed by atoms with van der Waals surface area (Å²) in [6.07, 6.45) is -4.60. The highest BCUT2D eigenvalue weighted by Gasteiger charge is 2.86. The van der Waals surface area contributed by atoms with Crippen LogP contribution in [0.5, 0.6) is 11.5 Å². The first-order valence-electron chi connectivity index (χ1n) is 8.45. The second-order valence-corrected chi connectivity index (χ2v) is 8.97. The number of allylic oxidation sites excluding steroid dienone is 1. The minimum Gasteiger partial charge on any atom is -0.491 e. The largest absolute Gasteiger partial charge is 0.491 e. The number of methoxy groups -OCH3 is 1. The van der Waals surface area contributed by atoms with Crippen molar-refractivity contribution in [1.82, 2.24) is 4.98 Å². The lowest BCUT2D eigenvalue weighted by atomic mass is 9.90. The van der Waals surface area contributed by atoms with Gasteiger partial charge in [0, 0.05) is 11.5 Å². The fourth-order valence-corrected chi connectivity index (χ4v) is 3.15. The second-order valence-electron chi connectivity index (χ2n) is 7.38. The van der Waals surface area contributed by atoms with Gasteiger partial charge in [0.1, 0.15) is 0 Å². The van der Waals surface area contributed by atoms with E-state index in [1.807, 2.05) is 0 Å². The molecule has 5 nitrogen and oxygen atoms in total.